The third-order valence-corrected chi connectivity index (χ3v) is 6.29. The van der Waals surface area contributed by atoms with Gasteiger partial charge in [-0.25, -0.2) is 13.1 Å². The van der Waals surface area contributed by atoms with Crippen molar-refractivity contribution in [2.24, 2.45) is 5.41 Å². The van der Waals surface area contributed by atoms with Gasteiger partial charge in [-0.3, -0.25) is 4.79 Å². The zero-order valence-electron chi connectivity index (χ0n) is 15.2. The fourth-order valence-electron chi connectivity index (χ4n) is 3.01. The van der Waals surface area contributed by atoms with Crippen molar-refractivity contribution in [3.8, 4) is 0 Å². The molecule has 1 aliphatic carbocycles. The fourth-order valence-corrected chi connectivity index (χ4v) is 4.71. The second-order valence-corrected chi connectivity index (χ2v) is 8.63. The zero-order chi connectivity index (χ0) is 18.5. The molecule has 1 aliphatic rings. The molecular formula is C18H28N2O4S. The Morgan fingerprint density at radius 3 is 2.64 bits per heavy atom. The third kappa shape index (κ3) is 6.01. The van der Waals surface area contributed by atoms with Crippen LogP contribution in [0, 0.1) is 12.3 Å². The molecule has 2 rings (SSSR count). The number of aryl methyl sites for hydroxylation is 1. The summed E-state index contributed by atoms with van der Waals surface area (Å²) in [6, 6.07) is 8.16. The summed E-state index contributed by atoms with van der Waals surface area (Å²) < 4.78 is 32.0. The molecule has 0 saturated heterocycles. The predicted octanol–water partition coefficient (Wildman–Crippen LogP) is 2.08. The number of rotatable bonds is 10. The molecule has 0 atom stereocenters. The molecule has 1 aromatic rings. The van der Waals surface area contributed by atoms with Crippen LogP contribution < -0.4 is 9.62 Å². The number of hydrogen-bond donors (Lipinski definition) is 1. The Hall–Kier alpha value is -1.60. The number of ether oxygens (including phenoxy) is 1. The molecule has 1 fully saturated rings. The maximum absolute atomic E-state index is 12.3. The lowest BCUT2D eigenvalue weighted by Crippen LogP contribution is -2.38. The molecule has 0 unspecified atom stereocenters. The minimum Gasteiger partial charge on any atom is -0.469 e. The van der Waals surface area contributed by atoms with Crippen LogP contribution in [-0.4, -0.2) is 46.9 Å². The van der Waals surface area contributed by atoms with Crippen LogP contribution in [0.25, 0.3) is 0 Å². The number of carbonyl (C=O) groups is 1. The summed E-state index contributed by atoms with van der Waals surface area (Å²) in [6.07, 6.45) is 1.69. The molecule has 1 saturated carbocycles. The van der Waals surface area contributed by atoms with Crippen molar-refractivity contribution in [3.63, 3.8) is 0 Å². The van der Waals surface area contributed by atoms with E-state index in [0.29, 0.717) is 13.1 Å². The standard InChI is InChI=1S/C18H28N2O4S/c1-4-20(16-7-5-6-15(2)12-16)11-10-19-25(22,23)14-18(8-9-18)13-17(21)24-3/h5-7,12,19H,4,8-11,13-14H2,1-3H3. The van der Waals surface area contributed by atoms with Gasteiger partial charge in [0.2, 0.25) is 10.0 Å². The van der Waals surface area contributed by atoms with E-state index in [-0.39, 0.29) is 18.1 Å². The topological polar surface area (TPSA) is 75.7 Å². The predicted molar refractivity (Wildman–Crippen MR) is 99.2 cm³/mol. The smallest absolute Gasteiger partial charge is 0.306 e. The Morgan fingerprint density at radius 1 is 1.36 bits per heavy atom. The molecule has 140 valence electrons. The van der Waals surface area contributed by atoms with Gasteiger partial charge in [0.25, 0.3) is 0 Å². The van der Waals surface area contributed by atoms with E-state index in [9.17, 15) is 13.2 Å². The second kappa shape index (κ2) is 8.19. The van der Waals surface area contributed by atoms with Crippen molar-refractivity contribution < 1.29 is 17.9 Å². The molecule has 1 aromatic carbocycles. The zero-order valence-corrected chi connectivity index (χ0v) is 16.1. The van der Waals surface area contributed by atoms with Crippen LogP contribution in [0.5, 0.6) is 0 Å². The Bertz CT molecular complexity index is 699. The Morgan fingerprint density at radius 2 is 2.08 bits per heavy atom. The summed E-state index contributed by atoms with van der Waals surface area (Å²) in [4.78, 5) is 13.6. The highest BCUT2D eigenvalue weighted by atomic mass is 32.2. The molecule has 0 heterocycles. The Labute approximate surface area is 150 Å². The van der Waals surface area contributed by atoms with Crippen molar-refractivity contribution in [1.82, 2.24) is 4.72 Å². The average molecular weight is 368 g/mol. The molecule has 1 N–H and O–H groups in total. The number of esters is 1. The van der Waals surface area contributed by atoms with Crippen LogP contribution in [0.4, 0.5) is 5.69 Å². The van der Waals surface area contributed by atoms with Gasteiger partial charge in [-0.1, -0.05) is 12.1 Å². The molecule has 0 radical (unpaired) electrons. The van der Waals surface area contributed by atoms with Crippen molar-refractivity contribution in [2.45, 2.75) is 33.1 Å². The highest BCUT2D eigenvalue weighted by Gasteiger charge is 2.47. The van der Waals surface area contributed by atoms with E-state index < -0.39 is 15.4 Å². The normalized spacial score (nSPS) is 15.6. The van der Waals surface area contributed by atoms with Gasteiger partial charge >= 0.3 is 5.97 Å². The van der Waals surface area contributed by atoms with Gasteiger partial charge in [-0.2, -0.15) is 0 Å². The first-order chi connectivity index (χ1) is 11.8. The quantitative estimate of drug-likeness (QED) is 0.640. The number of likely N-dealkylation sites (N-methyl/N-ethyl adjacent to an activating group) is 1. The highest BCUT2D eigenvalue weighted by Crippen LogP contribution is 2.49. The van der Waals surface area contributed by atoms with E-state index in [2.05, 4.69) is 20.4 Å². The van der Waals surface area contributed by atoms with E-state index >= 15 is 0 Å². The number of hydrogen-bond acceptors (Lipinski definition) is 5. The highest BCUT2D eigenvalue weighted by molar-refractivity contribution is 7.89. The van der Waals surface area contributed by atoms with Crippen LogP contribution in [0.15, 0.2) is 24.3 Å². The maximum Gasteiger partial charge on any atom is 0.306 e. The number of methoxy groups -OCH3 is 1. The Kier molecular flexibility index (Phi) is 6.46. The van der Waals surface area contributed by atoms with E-state index in [4.69, 9.17) is 0 Å². The Balaban J connectivity index is 1.86. The monoisotopic (exact) mass is 368 g/mol. The van der Waals surface area contributed by atoms with Gasteiger partial charge in [0.15, 0.2) is 0 Å². The maximum atomic E-state index is 12.3. The molecule has 25 heavy (non-hydrogen) atoms. The lowest BCUT2D eigenvalue weighted by Gasteiger charge is -2.24. The summed E-state index contributed by atoms with van der Waals surface area (Å²) >= 11 is 0. The first-order valence-electron chi connectivity index (χ1n) is 8.65. The number of carbonyl (C=O) groups excluding carboxylic acids is 1. The first kappa shape index (κ1) is 19.7. The first-order valence-corrected chi connectivity index (χ1v) is 10.3. The summed E-state index contributed by atoms with van der Waals surface area (Å²) in [5, 5.41) is 0. The van der Waals surface area contributed by atoms with Crippen LogP contribution in [0.1, 0.15) is 31.7 Å². The number of benzene rings is 1. The van der Waals surface area contributed by atoms with E-state index in [1.54, 1.807) is 0 Å². The second-order valence-electron chi connectivity index (χ2n) is 6.83. The van der Waals surface area contributed by atoms with Crippen LogP contribution in [-0.2, 0) is 19.6 Å². The van der Waals surface area contributed by atoms with Crippen LogP contribution in [0.2, 0.25) is 0 Å². The van der Waals surface area contributed by atoms with Gasteiger partial charge in [0.1, 0.15) is 0 Å². The molecule has 7 heteroatoms. The van der Waals surface area contributed by atoms with Gasteiger partial charge in [0, 0.05) is 25.3 Å². The van der Waals surface area contributed by atoms with Crippen molar-refractivity contribution in [3.05, 3.63) is 29.8 Å². The van der Waals surface area contributed by atoms with Crippen LogP contribution in [0.3, 0.4) is 0 Å². The van der Waals surface area contributed by atoms with Gasteiger partial charge in [-0.05, 0) is 49.8 Å². The molecule has 6 nitrogen and oxygen atoms in total. The van der Waals surface area contributed by atoms with Gasteiger partial charge in [0.05, 0.1) is 19.3 Å². The summed E-state index contributed by atoms with van der Waals surface area (Å²) in [5.41, 5.74) is 1.83. The van der Waals surface area contributed by atoms with Crippen molar-refractivity contribution in [1.29, 1.82) is 0 Å². The number of sulfonamides is 1. The average Bonchev–Trinajstić information content (AvgIpc) is 3.29. The third-order valence-electron chi connectivity index (χ3n) is 4.65. The minimum atomic E-state index is -3.41. The fraction of sp³-hybridized carbons (Fsp3) is 0.611. The van der Waals surface area contributed by atoms with E-state index in [1.807, 2.05) is 32.0 Å². The van der Waals surface area contributed by atoms with Crippen molar-refractivity contribution in [2.75, 3.05) is 37.4 Å². The van der Waals surface area contributed by atoms with Crippen LogP contribution >= 0.6 is 0 Å². The molecule has 0 aliphatic heterocycles. The SMILES string of the molecule is CCN(CCNS(=O)(=O)CC1(CC(=O)OC)CC1)c1cccc(C)c1. The molecule has 0 amide bonds. The number of nitrogens with one attached hydrogen (secondary N) is 1. The lowest BCUT2D eigenvalue weighted by molar-refractivity contribution is -0.141. The largest absolute Gasteiger partial charge is 0.469 e. The number of nitrogens with zero attached hydrogens (tertiary/aromatic N) is 1. The summed E-state index contributed by atoms with van der Waals surface area (Å²) in [6.45, 7) is 5.84. The summed E-state index contributed by atoms with van der Waals surface area (Å²) in [5.74, 6) is -0.351. The summed E-state index contributed by atoms with van der Waals surface area (Å²) in [7, 11) is -2.08. The molecule has 0 spiro atoms. The number of anilines is 1. The van der Waals surface area contributed by atoms with Crippen molar-refractivity contribution >= 4 is 21.7 Å². The molecule has 0 aromatic heterocycles. The molecule has 0 bridgehead atoms. The minimum absolute atomic E-state index is 0.00826. The molecular weight excluding hydrogens is 340 g/mol. The lowest BCUT2D eigenvalue weighted by atomic mass is 10.1. The van der Waals surface area contributed by atoms with Gasteiger partial charge in [-0.15, -0.1) is 0 Å². The van der Waals surface area contributed by atoms with E-state index in [0.717, 1.165) is 25.1 Å². The van der Waals surface area contributed by atoms with Gasteiger partial charge < -0.3 is 9.64 Å². The van der Waals surface area contributed by atoms with E-state index in [1.165, 1.54) is 12.7 Å².